The van der Waals surface area contributed by atoms with Crippen molar-refractivity contribution in [2.75, 3.05) is 13.2 Å². The van der Waals surface area contributed by atoms with Crippen LogP contribution in [0.15, 0.2) is 11.6 Å². The van der Waals surface area contributed by atoms with Crippen LogP contribution in [-0.2, 0) is 42.7 Å². The zero-order chi connectivity index (χ0) is 55.7. The van der Waals surface area contributed by atoms with E-state index in [9.17, 15) is 71.2 Å². The molecule has 9 rings (SSSR count). The van der Waals surface area contributed by atoms with Crippen molar-refractivity contribution in [3.63, 3.8) is 0 Å². The molecule has 436 valence electrons. The number of ether oxygens (including phenoxy) is 8. The number of carbonyl (C=O) groups is 1. The lowest BCUT2D eigenvalue weighted by Gasteiger charge is -2.71. The molecule has 4 aliphatic heterocycles. The smallest absolute Gasteiger partial charge is 0.335 e. The fraction of sp³-hybridized carbons (Fsp3) is 0.944. The van der Waals surface area contributed by atoms with Gasteiger partial charge in [0.15, 0.2) is 31.3 Å². The zero-order valence-electron chi connectivity index (χ0n) is 45.3. The highest BCUT2D eigenvalue weighted by Crippen LogP contribution is 2.76. The molecule has 0 bridgehead atoms. The van der Waals surface area contributed by atoms with Crippen molar-refractivity contribution in [3.8, 4) is 0 Å². The second-order valence-corrected chi connectivity index (χ2v) is 26.6. The maximum Gasteiger partial charge on any atom is 0.335 e. The number of hydrogen-bond donors (Lipinski definition) is 13. The van der Waals surface area contributed by atoms with Crippen LogP contribution in [0.3, 0.4) is 0 Å². The van der Waals surface area contributed by atoms with Gasteiger partial charge in [0.2, 0.25) is 0 Å². The molecule has 0 aromatic heterocycles. The van der Waals surface area contributed by atoms with Crippen LogP contribution < -0.4 is 0 Å². The highest BCUT2D eigenvalue weighted by molar-refractivity contribution is 5.73. The van der Waals surface area contributed by atoms with Crippen molar-refractivity contribution in [3.05, 3.63) is 11.6 Å². The SMILES string of the molecule is CC1OC(OC2C(OC3C(OC4CC[C@@]5(C)C(CCC6(C)C5CC=C5C7CC(C)(C)CC(O)C7(C)CC[C@@]56C)C4(C)C)OC(C(=O)O)C(O)C3O)OC(CO)C(O)C2OC2OC(CO)C(O)C(O)C2O)C(O)C(O)C1O. The summed E-state index contributed by atoms with van der Waals surface area (Å²) in [4.78, 5) is 12.7. The largest absolute Gasteiger partial charge is 0.479 e. The topological polar surface area (TPSA) is 354 Å². The van der Waals surface area contributed by atoms with Gasteiger partial charge >= 0.3 is 5.97 Å². The number of fused-ring (bicyclic) bond motifs is 7. The van der Waals surface area contributed by atoms with E-state index in [0.717, 1.165) is 51.4 Å². The molecule has 0 spiro atoms. The fourth-order valence-corrected chi connectivity index (χ4v) is 16.6. The second-order valence-electron chi connectivity index (χ2n) is 26.6. The average molecular weight is 1090 g/mol. The maximum atomic E-state index is 12.7. The van der Waals surface area contributed by atoms with Crippen LogP contribution >= 0.6 is 0 Å². The van der Waals surface area contributed by atoms with Gasteiger partial charge in [0.05, 0.1) is 31.5 Å². The van der Waals surface area contributed by atoms with Crippen molar-refractivity contribution in [1.29, 1.82) is 0 Å². The summed E-state index contributed by atoms with van der Waals surface area (Å²) in [5.41, 5.74) is 0.392. The van der Waals surface area contributed by atoms with Crippen LogP contribution in [0.2, 0.25) is 0 Å². The first kappa shape index (κ1) is 59.0. The van der Waals surface area contributed by atoms with Gasteiger partial charge in [-0.3, -0.25) is 0 Å². The van der Waals surface area contributed by atoms with E-state index in [1.807, 2.05) is 0 Å². The third-order valence-corrected chi connectivity index (χ3v) is 21.5. The maximum absolute atomic E-state index is 12.7. The molecule has 8 fully saturated rings. The lowest BCUT2D eigenvalue weighted by Crippen LogP contribution is -2.69. The third kappa shape index (κ3) is 9.47. The summed E-state index contributed by atoms with van der Waals surface area (Å²) in [6, 6.07) is 0. The molecule has 13 N–H and O–H groups in total. The van der Waals surface area contributed by atoms with Gasteiger partial charge in [0.1, 0.15) is 85.5 Å². The molecule has 4 saturated carbocycles. The lowest BCUT2D eigenvalue weighted by molar-refractivity contribution is -0.410. The highest BCUT2D eigenvalue weighted by atomic mass is 16.8. The monoisotopic (exact) mass is 1090 g/mol. The Bertz CT molecular complexity index is 2110. The third-order valence-electron chi connectivity index (χ3n) is 21.5. The highest BCUT2D eigenvalue weighted by Gasteiger charge is 2.69. The number of rotatable bonds is 11. The molecule has 0 amide bonds. The molecule has 29 atom stereocenters. The van der Waals surface area contributed by atoms with E-state index in [-0.39, 0.29) is 45.0 Å². The lowest BCUT2D eigenvalue weighted by atomic mass is 9.33. The van der Waals surface area contributed by atoms with E-state index < -0.39 is 154 Å². The Hall–Kier alpha value is -1.59. The van der Waals surface area contributed by atoms with Crippen molar-refractivity contribution < 1.29 is 109 Å². The molecular formula is C54H88O22. The van der Waals surface area contributed by atoms with E-state index >= 15 is 0 Å². The number of aliphatic carboxylic acids is 1. The minimum Gasteiger partial charge on any atom is -0.479 e. The van der Waals surface area contributed by atoms with E-state index in [1.54, 1.807) is 0 Å². The number of hydrogen-bond acceptors (Lipinski definition) is 21. The standard InChI is InChI=1S/C54H88O22/c1-22-31(58)34(61)38(65)45(69-22)76-43-40(73-46-39(66)35(62)32(59)25(20-55)70-46)33(60)26(21-56)71-48(43)75-42-37(64)36(63)41(44(67)68)74-47(42)72-30-13-14-52(7)27(50(30,4)5)12-15-54(9)28(52)11-10-23-24-18-49(2,3)19-29(57)51(24,6)16-17-53(23,54)8/h10,22,24-43,45-48,55-66H,11-21H2,1-9H3,(H,67,68)/t22?,24?,25?,26?,27?,28?,29?,30?,31?,32?,33?,34?,35?,36?,37?,38?,39?,40?,41?,42?,43?,45?,46?,47?,48?,51?,52-,53-,54?/m0/s1. The summed E-state index contributed by atoms with van der Waals surface area (Å²) in [6.07, 6.45) is -27.7. The molecule has 4 heterocycles. The van der Waals surface area contributed by atoms with Gasteiger partial charge < -0.3 is 104 Å². The van der Waals surface area contributed by atoms with E-state index in [0.29, 0.717) is 12.3 Å². The Kier molecular flexibility index (Phi) is 16.3. The quantitative estimate of drug-likeness (QED) is 0.0921. The molecule has 76 heavy (non-hydrogen) atoms. The van der Waals surface area contributed by atoms with Crippen LogP contribution in [0.5, 0.6) is 0 Å². The second kappa shape index (κ2) is 21.0. The van der Waals surface area contributed by atoms with Crippen molar-refractivity contribution in [1.82, 2.24) is 0 Å². The molecule has 22 heteroatoms. The Morgan fingerprint density at radius 3 is 1.79 bits per heavy atom. The van der Waals surface area contributed by atoms with Crippen LogP contribution in [0.4, 0.5) is 0 Å². The Labute approximate surface area is 444 Å². The molecular weight excluding hydrogens is 1000 g/mol. The van der Waals surface area contributed by atoms with Crippen LogP contribution in [0, 0.1) is 50.2 Å². The normalized spacial score (nSPS) is 55.0. The molecule has 22 nitrogen and oxygen atoms in total. The first-order valence-corrected chi connectivity index (χ1v) is 27.6. The van der Waals surface area contributed by atoms with Gasteiger partial charge in [-0.25, -0.2) is 4.79 Å². The summed E-state index contributed by atoms with van der Waals surface area (Å²) in [5.74, 6) is -0.959. The molecule has 5 aliphatic carbocycles. The summed E-state index contributed by atoms with van der Waals surface area (Å²) in [7, 11) is 0. The van der Waals surface area contributed by atoms with Gasteiger partial charge in [-0.1, -0.05) is 67.0 Å². The number of aliphatic hydroxyl groups excluding tert-OH is 12. The zero-order valence-corrected chi connectivity index (χ0v) is 45.3. The first-order valence-electron chi connectivity index (χ1n) is 27.6. The van der Waals surface area contributed by atoms with Crippen molar-refractivity contribution in [2.24, 2.45) is 50.2 Å². The van der Waals surface area contributed by atoms with Crippen molar-refractivity contribution >= 4 is 5.97 Å². The molecule has 0 aromatic rings. The first-order chi connectivity index (χ1) is 35.4. The summed E-state index contributed by atoms with van der Waals surface area (Å²) < 4.78 is 49.1. The number of carboxylic acids is 1. The molecule has 27 unspecified atom stereocenters. The summed E-state index contributed by atoms with van der Waals surface area (Å²) in [5, 5.41) is 142. The molecule has 4 saturated heterocycles. The van der Waals surface area contributed by atoms with Gasteiger partial charge in [0, 0.05) is 5.41 Å². The Morgan fingerprint density at radius 1 is 0.566 bits per heavy atom. The number of allylic oxidation sites excluding steroid dienone is 2. The average Bonchev–Trinajstić information content (AvgIpc) is 3.53. The fourth-order valence-electron chi connectivity index (χ4n) is 16.6. The minimum absolute atomic E-state index is 0.0106. The van der Waals surface area contributed by atoms with Gasteiger partial charge in [-0.2, -0.15) is 0 Å². The molecule has 9 aliphatic rings. The Balaban J connectivity index is 1.02. The van der Waals surface area contributed by atoms with E-state index in [4.69, 9.17) is 37.9 Å². The molecule has 0 radical (unpaired) electrons. The predicted molar refractivity (Wildman–Crippen MR) is 262 cm³/mol. The van der Waals surface area contributed by atoms with Gasteiger partial charge in [-0.05, 0) is 110 Å². The summed E-state index contributed by atoms with van der Waals surface area (Å²) >= 11 is 0. The van der Waals surface area contributed by atoms with E-state index in [1.165, 1.54) is 12.5 Å². The van der Waals surface area contributed by atoms with Gasteiger partial charge in [-0.15, -0.1) is 0 Å². The predicted octanol–water partition coefficient (Wildman–Crippen LogP) is -0.444. The van der Waals surface area contributed by atoms with Crippen LogP contribution in [-0.4, -0.2) is 221 Å². The van der Waals surface area contributed by atoms with Crippen molar-refractivity contribution in [2.45, 2.75) is 255 Å². The number of carboxylic acid groups (broad SMARTS) is 1. The summed E-state index contributed by atoms with van der Waals surface area (Å²) in [6.45, 7) is 18.0. The van der Waals surface area contributed by atoms with Crippen LogP contribution in [0.1, 0.15) is 120 Å². The van der Waals surface area contributed by atoms with Gasteiger partial charge in [0.25, 0.3) is 0 Å². The van der Waals surface area contributed by atoms with E-state index in [2.05, 4.69) is 61.5 Å². The number of aliphatic hydroxyl groups is 12. The molecule has 0 aromatic carbocycles. The minimum atomic E-state index is -2.13. The Morgan fingerprint density at radius 2 is 1.14 bits per heavy atom. The van der Waals surface area contributed by atoms with Crippen LogP contribution in [0.25, 0.3) is 0 Å².